The lowest BCUT2D eigenvalue weighted by atomic mass is 10.1. The molecule has 0 amide bonds. The van der Waals surface area contributed by atoms with Gasteiger partial charge < -0.3 is 9.88 Å². The van der Waals surface area contributed by atoms with Crippen molar-refractivity contribution in [1.82, 2.24) is 20.2 Å². The van der Waals surface area contributed by atoms with Gasteiger partial charge in [0.15, 0.2) is 0 Å². The molecule has 19 heavy (non-hydrogen) atoms. The standard InChI is InChI=1S/C14H16N4O/c1-10-13(17-19-16-10)9-18-7-6-12-11(8-15-2)4-3-5-14(12)18/h3-7,15H,8-9H2,1-2H3. The van der Waals surface area contributed by atoms with E-state index in [0.29, 0.717) is 6.54 Å². The first-order valence-electron chi connectivity index (χ1n) is 6.29. The monoisotopic (exact) mass is 256 g/mol. The first-order chi connectivity index (χ1) is 9.29. The second-order valence-electron chi connectivity index (χ2n) is 4.62. The fourth-order valence-corrected chi connectivity index (χ4v) is 2.32. The average molecular weight is 256 g/mol. The summed E-state index contributed by atoms with van der Waals surface area (Å²) in [5.41, 5.74) is 4.22. The molecule has 0 fully saturated rings. The second-order valence-corrected chi connectivity index (χ2v) is 4.62. The Kier molecular flexibility index (Phi) is 3.05. The highest BCUT2D eigenvalue weighted by Crippen LogP contribution is 2.21. The van der Waals surface area contributed by atoms with E-state index in [1.54, 1.807) is 0 Å². The minimum atomic E-state index is 0.682. The van der Waals surface area contributed by atoms with E-state index in [0.717, 1.165) is 17.9 Å². The van der Waals surface area contributed by atoms with Crippen molar-refractivity contribution in [3.05, 3.63) is 47.4 Å². The van der Waals surface area contributed by atoms with Gasteiger partial charge in [-0.15, -0.1) is 0 Å². The SMILES string of the molecule is CNCc1cccc2c1ccn2Cc1nonc1C. The topological polar surface area (TPSA) is 55.9 Å². The van der Waals surface area contributed by atoms with E-state index in [1.165, 1.54) is 16.5 Å². The third-order valence-corrected chi connectivity index (χ3v) is 3.34. The molecule has 1 aromatic carbocycles. The van der Waals surface area contributed by atoms with Crippen molar-refractivity contribution in [3.8, 4) is 0 Å². The Bertz CT molecular complexity index is 698. The molecule has 2 heterocycles. The van der Waals surface area contributed by atoms with Crippen LogP contribution < -0.4 is 5.32 Å². The zero-order chi connectivity index (χ0) is 13.2. The van der Waals surface area contributed by atoms with E-state index in [2.05, 4.69) is 50.7 Å². The maximum absolute atomic E-state index is 4.75. The molecule has 5 nitrogen and oxygen atoms in total. The molecule has 0 bridgehead atoms. The molecule has 3 rings (SSSR count). The van der Waals surface area contributed by atoms with Gasteiger partial charge in [-0.2, -0.15) is 0 Å². The van der Waals surface area contributed by atoms with Gasteiger partial charge in [-0.1, -0.05) is 22.4 Å². The number of hydrogen-bond acceptors (Lipinski definition) is 4. The average Bonchev–Trinajstić information content (AvgIpc) is 2.99. The number of benzene rings is 1. The van der Waals surface area contributed by atoms with E-state index in [9.17, 15) is 0 Å². The predicted molar refractivity (Wildman–Crippen MR) is 72.8 cm³/mol. The molecule has 0 unspecified atom stereocenters. The first kappa shape index (κ1) is 11.9. The van der Waals surface area contributed by atoms with Gasteiger partial charge >= 0.3 is 0 Å². The molecule has 0 aliphatic heterocycles. The third-order valence-electron chi connectivity index (χ3n) is 3.34. The summed E-state index contributed by atoms with van der Waals surface area (Å²) < 4.78 is 6.91. The highest BCUT2D eigenvalue weighted by Gasteiger charge is 2.09. The minimum Gasteiger partial charge on any atom is -0.341 e. The van der Waals surface area contributed by atoms with Crippen LogP contribution in [0.1, 0.15) is 17.0 Å². The number of fused-ring (bicyclic) bond motifs is 1. The third kappa shape index (κ3) is 2.13. The molecule has 0 saturated heterocycles. The molecular formula is C14H16N4O. The van der Waals surface area contributed by atoms with Gasteiger partial charge in [0.05, 0.1) is 6.54 Å². The number of aromatic nitrogens is 3. The molecule has 0 aliphatic carbocycles. The fraction of sp³-hybridized carbons (Fsp3) is 0.286. The summed E-state index contributed by atoms with van der Waals surface area (Å²) in [7, 11) is 1.96. The quantitative estimate of drug-likeness (QED) is 0.776. The van der Waals surface area contributed by atoms with Gasteiger partial charge in [0.25, 0.3) is 0 Å². The van der Waals surface area contributed by atoms with Crippen molar-refractivity contribution < 1.29 is 4.63 Å². The maximum atomic E-state index is 4.75. The number of aryl methyl sites for hydroxylation is 1. The Balaban J connectivity index is 2.01. The van der Waals surface area contributed by atoms with Crippen molar-refractivity contribution in [2.45, 2.75) is 20.0 Å². The van der Waals surface area contributed by atoms with Crippen LogP contribution in [0.2, 0.25) is 0 Å². The molecule has 2 aromatic heterocycles. The van der Waals surface area contributed by atoms with Crippen LogP contribution >= 0.6 is 0 Å². The normalized spacial score (nSPS) is 11.3. The van der Waals surface area contributed by atoms with Crippen LogP contribution in [0.25, 0.3) is 10.9 Å². The van der Waals surface area contributed by atoms with E-state index >= 15 is 0 Å². The molecule has 3 aromatic rings. The van der Waals surface area contributed by atoms with Gasteiger partial charge in [-0.3, -0.25) is 0 Å². The lowest BCUT2D eigenvalue weighted by Crippen LogP contribution is -2.05. The maximum Gasteiger partial charge on any atom is 0.127 e. The van der Waals surface area contributed by atoms with E-state index in [1.807, 2.05) is 14.0 Å². The van der Waals surface area contributed by atoms with Crippen molar-refractivity contribution in [1.29, 1.82) is 0 Å². The van der Waals surface area contributed by atoms with Gasteiger partial charge in [0, 0.05) is 23.6 Å². The molecule has 1 N–H and O–H groups in total. The minimum absolute atomic E-state index is 0.682. The van der Waals surface area contributed by atoms with Crippen LogP contribution in [-0.4, -0.2) is 21.9 Å². The molecule has 0 saturated carbocycles. The fourth-order valence-electron chi connectivity index (χ4n) is 2.32. The van der Waals surface area contributed by atoms with Crippen LogP contribution in [0, 0.1) is 6.92 Å². The molecule has 0 radical (unpaired) electrons. The predicted octanol–water partition coefficient (Wildman–Crippen LogP) is 2.10. The van der Waals surface area contributed by atoms with E-state index < -0.39 is 0 Å². The van der Waals surface area contributed by atoms with Crippen molar-refractivity contribution in [3.63, 3.8) is 0 Å². The summed E-state index contributed by atoms with van der Waals surface area (Å²) in [4.78, 5) is 0. The highest BCUT2D eigenvalue weighted by molar-refractivity contribution is 5.83. The number of hydrogen-bond donors (Lipinski definition) is 1. The zero-order valence-electron chi connectivity index (χ0n) is 11.1. The van der Waals surface area contributed by atoms with Gasteiger partial charge in [-0.05, 0) is 31.7 Å². The number of rotatable bonds is 4. The molecule has 0 aliphatic rings. The highest BCUT2D eigenvalue weighted by atomic mass is 16.6. The smallest absolute Gasteiger partial charge is 0.127 e. The number of nitrogens with zero attached hydrogens (tertiary/aromatic N) is 3. The van der Waals surface area contributed by atoms with E-state index in [4.69, 9.17) is 4.63 Å². The van der Waals surface area contributed by atoms with Gasteiger partial charge in [0.1, 0.15) is 11.4 Å². The lowest BCUT2D eigenvalue weighted by molar-refractivity contribution is 0.300. The Morgan fingerprint density at radius 1 is 1.26 bits per heavy atom. The van der Waals surface area contributed by atoms with Crippen LogP contribution in [0.4, 0.5) is 0 Å². The molecule has 0 atom stereocenters. The summed E-state index contributed by atoms with van der Waals surface area (Å²) in [6, 6.07) is 8.49. The summed E-state index contributed by atoms with van der Waals surface area (Å²) >= 11 is 0. The molecule has 98 valence electrons. The van der Waals surface area contributed by atoms with Crippen LogP contribution in [0.5, 0.6) is 0 Å². The molecular weight excluding hydrogens is 240 g/mol. The summed E-state index contributed by atoms with van der Waals surface area (Å²) in [5.74, 6) is 0. The van der Waals surface area contributed by atoms with Crippen molar-refractivity contribution in [2.24, 2.45) is 0 Å². The largest absolute Gasteiger partial charge is 0.341 e. The number of nitrogens with one attached hydrogen (secondary N) is 1. The zero-order valence-corrected chi connectivity index (χ0v) is 11.1. The summed E-state index contributed by atoms with van der Waals surface area (Å²) in [5, 5.41) is 12.2. The van der Waals surface area contributed by atoms with Gasteiger partial charge in [-0.25, -0.2) is 4.63 Å². The Morgan fingerprint density at radius 3 is 2.89 bits per heavy atom. The van der Waals surface area contributed by atoms with Crippen molar-refractivity contribution in [2.75, 3.05) is 7.05 Å². The van der Waals surface area contributed by atoms with Crippen LogP contribution in [0.15, 0.2) is 35.1 Å². The van der Waals surface area contributed by atoms with Crippen LogP contribution in [-0.2, 0) is 13.1 Å². The van der Waals surface area contributed by atoms with E-state index in [-0.39, 0.29) is 0 Å². The Hall–Kier alpha value is -2.14. The second kappa shape index (κ2) is 4.85. The lowest BCUT2D eigenvalue weighted by Gasteiger charge is -2.05. The first-order valence-corrected chi connectivity index (χ1v) is 6.29. The molecule has 5 heteroatoms. The summed E-state index contributed by atoms with van der Waals surface area (Å²) in [6.07, 6.45) is 2.08. The van der Waals surface area contributed by atoms with Crippen LogP contribution in [0.3, 0.4) is 0 Å². The summed E-state index contributed by atoms with van der Waals surface area (Å²) in [6.45, 7) is 3.46. The van der Waals surface area contributed by atoms with Gasteiger partial charge in [0.2, 0.25) is 0 Å². The van der Waals surface area contributed by atoms with Crippen molar-refractivity contribution >= 4 is 10.9 Å². The Morgan fingerprint density at radius 2 is 2.16 bits per heavy atom. The molecule has 0 spiro atoms. The Labute approximate surface area is 111 Å².